The molecule has 0 saturated heterocycles. The van der Waals surface area contributed by atoms with E-state index in [0.717, 1.165) is 22.3 Å². The van der Waals surface area contributed by atoms with Crippen molar-refractivity contribution in [1.29, 1.82) is 0 Å². The van der Waals surface area contributed by atoms with Crippen molar-refractivity contribution in [1.82, 2.24) is 15.2 Å². The molecule has 7 nitrogen and oxygen atoms in total. The number of nitrogens with zero attached hydrogens (tertiary/aromatic N) is 2. The Balaban J connectivity index is 1.46. The molecule has 2 heterocycles. The van der Waals surface area contributed by atoms with Gasteiger partial charge < -0.3 is 16.0 Å². The van der Waals surface area contributed by atoms with E-state index < -0.39 is 0 Å². The average molecular weight is 358 g/mol. The Bertz CT molecular complexity index is 1050. The van der Waals surface area contributed by atoms with Gasteiger partial charge in [-0.3, -0.25) is 9.89 Å². The normalized spacial score (nSPS) is 10.5. The second kappa shape index (κ2) is 7.57. The zero-order valence-electron chi connectivity index (χ0n) is 14.4. The molecule has 134 valence electrons. The molecule has 2 aromatic carbocycles. The Kier molecular flexibility index (Phi) is 4.65. The molecule has 0 aliphatic rings. The van der Waals surface area contributed by atoms with E-state index in [1.165, 1.54) is 0 Å². The quantitative estimate of drug-likeness (QED) is 0.421. The van der Waals surface area contributed by atoms with E-state index in [2.05, 4.69) is 31.1 Å². The maximum Gasteiger partial charge on any atom is 0.244 e. The lowest BCUT2D eigenvalue weighted by Gasteiger charge is -2.07. The molecule has 0 fully saturated rings. The lowest BCUT2D eigenvalue weighted by Crippen LogP contribution is -2.22. The van der Waals surface area contributed by atoms with Gasteiger partial charge in [-0.05, 0) is 30.3 Å². The molecule has 0 spiro atoms. The minimum atomic E-state index is -0.179. The molecule has 4 rings (SSSR count). The van der Waals surface area contributed by atoms with Crippen LogP contribution < -0.4 is 16.0 Å². The second-order valence-electron chi connectivity index (χ2n) is 5.95. The number of aromatic amines is 1. The fraction of sp³-hybridized carbons (Fsp3) is 0.0500. The highest BCUT2D eigenvalue weighted by molar-refractivity contribution is 6.01. The fourth-order valence-electron chi connectivity index (χ4n) is 2.66. The Labute approximate surface area is 155 Å². The number of amides is 1. The van der Waals surface area contributed by atoms with Gasteiger partial charge in [0.2, 0.25) is 5.91 Å². The minimum Gasteiger partial charge on any atom is -0.376 e. The minimum absolute atomic E-state index is 0.151. The number of carbonyl (C=O) groups excluding carboxylic acids is 1. The molecule has 4 aromatic rings. The van der Waals surface area contributed by atoms with Gasteiger partial charge in [0.15, 0.2) is 5.82 Å². The summed E-state index contributed by atoms with van der Waals surface area (Å²) < 4.78 is 0. The highest BCUT2D eigenvalue weighted by atomic mass is 16.2. The molecule has 27 heavy (non-hydrogen) atoms. The van der Waals surface area contributed by atoms with Gasteiger partial charge >= 0.3 is 0 Å². The van der Waals surface area contributed by atoms with E-state index in [9.17, 15) is 4.79 Å². The molecule has 0 aliphatic heterocycles. The van der Waals surface area contributed by atoms with E-state index in [-0.39, 0.29) is 12.5 Å². The number of benzene rings is 2. The molecule has 0 bridgehead atoms. The number of para-hydroxylation sites is 2. The van der Waals surface area contributed by atoms with Crippen molar-refractivity contribution in [2.75, 3.05) is 22.5 Å². The van der Waals surface area contributed by atoms with Crippen LogP contribution in [0, 0.1) is 0 Å². The van der Waals surface area contributed by atoms with Gasteiger partial charge in [-0.15, -0.1) is 0 Å². The summed E-state index contributed by atoms with van der Waals surface area (Å²) in [4.78, 5) is 16.6. The molecule has 0 saturated carbocycles. The first-order valence-corrected chi connectivity index (χ1v) is 8.53. The molecule has 0 atom stereocenters. The summed E-state index contributed by atoms with van der Waals surface area (Å²) >= 11 is 0. The van der Waals surface area contributed by atoms with Crippen LogP contribution in [0.15, 0.2) is 72.9 Å². The number of anilines is 4. The standard InChI is InChI=1S/C20H18N6O/c27-19(13-21-14-7-3-1-4-8-14)24-20-16-11-18(22-12-17(16)25-26-20)23-15-9-5-2-6-10-15/h1-12,21H,13H2,(H,22,23)(H2,24,25,26,27). The van der Waals surface area contributed by atoms with Gasteiger partial charge in [-0.1, -0.05) is 36.4 Å². The number of H-pyrrole nitrogens is 1. The van der Waals surface area contributed by atoms with Crippen LogP contribution in [0.1, 0.15) is 0 Å². The summed E-state index contributed by atoms with van der Waals surface area (Å²) in [6.45, 7) is 0.151. The van der Waals surface area contributed by atoms with E-state index in [1.54, 1.807) is 6.20 Å². The monoisotopic (exact) mass is 358 g/mol. The number of nitrogens with one attached hydrogen (secondary N) is 4. The summed E-state index contributed by atoms with van der Waals surface area (Å²) in [5.41, 5.74) is 2.57. The SMILES string of the molecule is O=C(CNc1ccccc1)Nc1n[nH]c2cnc(Nc3ccccc3)cc12. The predicted octanol–water partition coefficient (Wildman–Crippen LogP) is 3.75. The van der Waals surface area contributed by atoms with Crippen LogP contribution in [0.3, 0.4) is 0 Å². The molecule has 2 aromatic heterocycles. The van der Waals surface area contributed by atoms with Crippen LogP contribution in [0.2, 0.25) is 0 Å². The topological polar surface area (TPSA) is 94.7 Å². The molecule has 4 N–H and O–H groups in total. The van der Waals surface area contributed by atoms with Gasteiger partial charge in [0.1, 0.15) is 5.82 Å². The van der Waals surface area contributed by atoms with Gasteiger partial charge in [0.25, 0.3) is 0 Å². The largest absolute Gasteiger partial charge is 0.376 e. The third-order valence-corrected chi connectivity index (χ3v) is 3.98. The van der Waals surface area contributed by atoms with E-state index in [0.29, 0.717) is 11.6 Å². The van der Waals surface area contributed by atoms with Crippen molar-refractivity contribution in [3.05, 3.63) is 72.9 Å². The smallest absolute Gasteiger partial charge is 0.244 e. The van der Waals surface area contributed by atoms with Crippen molar-refractivity contribution >= 4 is 39.8 Å². The van der Waals surface area contributed by atoms with Crippen molar-refractivity contribution < 1.29 is 4.79 Å². The predicted molar refractivity (Wildman–Crippen MR) is 107 cm³/mol. The van der Waals surface area contributed by atoms with E-state index >= 15 is 0 Å². The van der Waals surface area contributed by atoms with Crippen molar-refractivity contribution in [2.24, 2.45) is 0 Å². The number of carbonyl (C=O) groups is 1. The molecular formula is C20H18N6O. The van der Waals surface area contributed by atoms with Gasteiger partial charge in [0, 0.05) is 16.8 Å². The molecule has 1 amide bonds. The fourth-order valence-corrected chi connectivity index (χ4v) is 2.66. The Morgan fingerprint density at radius 1 is 0.963 bits per heavy atom. The number of aromatic nitrogens is 3. The van der Waals surface area contributed by atoms with E-state index in [1.807, 2.05) is 66.7 Å². The van der Waals surface area contributed by atoms with Crippen molar-refractivity contribution in [2.45, 2.75) is 0 Å². The van der Waals surface area contributed by atoms with Crippen LogP contribution in [0.25, 0.3) is 10.9 Å². The number of pyridine rings is 1. The highest BCUT2D eigenvalue weighted by Gasteiger charge is 2.11. The lowest BCUT2D eigenvalue weighted by molar-refractivity contribution is -0.114. The van der Waals surface area contributed by atoms with Crippen molar-refractivity contribution in [3.63, 3.8) is 0 Å². The zero-order chi connectivity index (χ0) is 18.5. The summed E-state index contributed by atoms with van der Waals surface area (Å²) in [7, 11) is 0. The summed E-state index contributed by atoms with van der Waals surface area (Å²) in [5.74, 6) is 0.970. The molecule has 0 aliphatic carbocycles. The number of rotatable bonds is 6. The molecule has 0 radical (unpaired) electrons. The number of hydrogen-bond donors (Lipinski definition) is 4. The molecular weight excluding hydrogens is 340 g/mol. The lowest BCUT2D eigenvalue weighted by atomic mass is 10.2. The number of fused-ring (bicyclic) bond motifs is 1. The Morgan fingerprint density at radius 2 is 1.67 bits per heavy atom. The Morgan fingerprint density at radius 3 is 2.41 bits per heavy atom. The van der Waals surface area contributed by atoms with Crippen LogP contribution in [-0.4, -0.2) is 27.6 Å². The maximum atomic E-state index is 12.2. The van der Waals surface area contributed by atoms with E-state index in [4.69, 9.17) is 0 Å². The Hall–Kier alpha value is -3.87. The summed E-state index contributed by atoms with van der Waals surface area (Å²) in [6.07, 6.45) is 1.69. The first-order valence-electron chi connectivity index (χ1n) is 8.53. The van der Waals surface area contributed by atoms with Gasteiger partial charge in [-0.25, -0.2) is 4.98 Å². The zero-order valence-corrected chi connectivity index (χ0v) is 14.4. The van der Waals surface area contributed by atoms with Crippen LogP contribution in [0.4, 0.5) is 23.0 Å². The first kappa shape index (κ1) is 16.6. The first-order chi connectivity index (χ1) is 13.3. The van der Waals surface area contributed by atoms with Crippen molar-refractivity contribution in [3.8, 4) is 0 Å². The maximum absolute atomic E-state index is 12.2. The molecule has 7 heteroatoms. The average Bonchev–Trinajstić information content (AvgIpc) is 3.10. The summed E-state index contributed by atoms with van der Waals surface area (Å²) in [6, 6.07) is 21.2. The van der Waals surface area contributed by atoms with Gasteiger partial charge in [0.05, 0.1) is 18.3 Å². The molecule has 0 unspecified atom stereocenters. The second-order valence-corrected chi connectivity index (χ2v) is 5.95. The van der Waals surface area contributed by atoms with Gasteiger partial charge in [-0.2, -0.15) is 5.10 Å². The van der Waals surface area contributed by atoms with Crippen LogP contribution in [0.5, 0.6) is 0 Å². The number of hydrogen-bond acceptors (Lipinski definition) is 5. The summed E-state index contributed by atoms with van der Waals surface area (Å²) in [5, 5.41) is 17.0. The third kappa shape index (κ3) is 4.04. The van der Waals surface area contributed by atoms with Crippen LogP contribution in [-0.2, 0) is 4.79 Å². The third-order valence-electron chi connectivity index (χ3n) is 3.98. The highest BCUT2D eigenvalue weighted by Crippen LogP contribution is 2.24. The van der Waals surface area contributed by atoms with Crippen LogP contribution >= 0.6 is 0 Å².